The van der Waals surface area contributed by atoms with Gasteiger partial charge < -0.3 is 15.6 Å². The Kier molecular flexibility index (Phi) is 2.66. The molecule has 0 aliphatic carbocycles. The number of benzene rings is 1. The summed E-state index contributed by atoms with van der Waals surface area (Å²) >= 11 is 0. The van der Waals surface area contributed by atoms with Gasteiger partial charge in [-0.25, -0.2) is 0 Å². The fourth-order valence-electron chi connectivity index (χ4n) is 1.29. The predicted octanol–water partition coefficient (Wildman–Crippen LogP) is 1.99. The quantitative estimate of drug-likeness (QED) is 0.542. The Hall–Kier alpha value is -1.38. The van der Waals surface area contributed by atoms with E-state index in [0.717, 1.165) is 11.1 Å². The zero-order valence-electron chi connectivity index (χ0n) is 8.22. The number of ether oxygens (including phenoxy) is 1. The Labute approximate surface area is 78.1 Å². The molecule has 1 rings (SSSR count). The average Bonchev–Trinajstić information content (AvgIpc) is 2.09. The van der Waals surface area contributed by atoms with Crippen LogP contribution in [0.1, 0.15) is 18.1 Å². The zero-order chi connectivity index (χ0) is 10.0. The van der Waals surface area contributed by atoms with E-state index in [2.05, 4.69) is 0 Å². The minimum absolute atomic E-state index is 0.158. The van der Waals surface area contributed by atoms with Crippen LogP contribution in [0.2, 0.25) is 0 Å². The van der Waals surface area contributed by atoms with Gasteiger partial charge in [0.15, 0.2) is 11.5 Å². The second kappa shape index (κ2) is 3.56. The van der Waals surface area contributed by atoms with Crippen molar-refractivity contribution in [3.63, 3.8) is 0 Å². The van der Waals surface area contributed by atoms with Gasteiger partial charge in [0.25, 0.3) is 0 Å². The molecule has 0 aromatic heterocycles. The van der Waals surface area contributed by atoms with Crippen molar-refractivity contribution in [1.29, 1.82) is 0 Å². The van der Waals surface area contributed by atoms with Crippen molar-refractivity contribution in [2.45, 2.75) is 20.8 Å². The maximum atomic E-state index is 9.55. The van der Waals surface area contributed by atoms with Crippen molar-refractivity contribution in [2.24, 2.45) is 0 Å². The Morgan fingerprint density at radius 2 is 2.08 bits per heavy atom. The zero-order valence-corrected chi connectivity index (χ0v) is 8.22. The lowest BCUT2D eigenvalue weighted by Crippen LogP contribution is -2.00. The van der Waals surface area contributed by atoms with Crippen molar-refractivity contribution < 1.29 is 9.84 Å². The molecule has 1 aromatic carbocycles. The highest BCUT2D eigenvalue weighted by atomic mass is 16.5. The molecule has 3 nitrogen and oxygen atoms in total. The minimum Gasteiger partial charge on any atom is -0.504 e. The van der Waals surface area contributed by atoms with Crippen LogP contribution in [0.3, 0.4) is 0 Å². The van der Waals surface area contributed by atoms with Crippen LogP contribution in [0.5, 0.6) is 11.5 Å². The maximum Gasteiger partial charge on any atom is 0.165 e. The van der Waals surface area contributed by atoms with Gasteiger partial charge in [-0.15, -0.1) is 0 Å². The standard InChI is InChI=1S/C10H15NO2/c1-4-13-10-7(3)9(11)6(2)5-8(10)12/h5,12H,4,11H2,1-3H3. The fourth-order valence-corrected chi connectivity index (χ4v) is 1.29. The number of anilines is 1. The lowest BCUT2D eigenvalue weighted by molar-refractivity contribution is 0.316. The molecule has 0 amide bonds. The van der Waals surface area contributed by atoms with Gasteiger partial charge in [-0.05, 0) is 32.4 Å². The van der Waals surface area contributed by atoms with Gasteiger partial charge >= 0.3 is 0 Å². The van der Waals surface area contributed by atoms with Gasteiger partial charge in [0.1, 0.15) is 0 Å². The van der Waals surface area contributed by atoms with E-state index in [9.17, 15) is 5.11 Å². The van der Waals surface area contributed by atoms with E-state index in [4.69, 9.17) is 10.5 Å². The summed E-state index contributed by atoms with van der Waals surface area (Å²) in [4.78, 5) is 0. The number of phenolic OH excluding ortho intramolecular Hbond substituents is 1. The third-order valence-corrected chi connectivity index (χ3v) is 2.04. The van der Waals surface area contributed by atoms with Crippen LogP contribution in [0.4, 0.5) is 5.69 Å². The molecule has 0 aliphatic heterocycles. The topological polar surface area (TPSA) is 55.5 Å². The number of nitrogens with two attached hydrogens (primary N) is 1. The first-order valence-electron chi connectivity index (χ1n) is 4.29. The van der Waals surface area contributed by atoms with E-state index >= 15 is 0 Å². The summed E-state index contributed by atoms with van der Waals surface area (Å²) in [5, 5.41) is 9.55. The summed E-state index contributed by atoms with van der Waals surface area (Å²) in [6, 6.07) is 1.62. The molecule has 0 spiro atoms. The minimum atomic E-state index is 0.158. The summed E-state index contributed by atoms with van der Waals surface area (Å²) in [7, 11) is 0. The van der Waals surface area contributed by atoms with Gasteiger partial charge in [0, 0.05) is 11.3 Å². The molecule has 1 aromatic rings. The van der Waals surface area contributed by atoms with Crippen LogP contribution >= 0.6 is 0 Å². The molecule has 3 heteroatoms. The Morgan fingerprint density at radius 3 is 2.62 bits per heavy atom. The number of aromatic hydroxyl groups is 1. The first-order valence-corrected chi connectivity index (χ1v) is 4.29. The number of aryl methyl sites for hydroxylation is 1. The van der Waals surface area contributed by atoms with E-state index in [1.165, 1.54) is 0 Å². The van der Waals surface area contributed by atoms with E-state index < -0.39 is 0 Å². The molecule has 0 atom stereocenters. The molecule has 0 saturated carbocycles. The summed E-state index contributed by atoms with van der Waals surface area (Å²) in [5.41, 5.74) is 8.15. The Bertz CT molecular complexity index is 321. The lowest BCUT2D eigenvalue weighted by Gasteiger charge is -2.12. The van der Waals surface area contributed by atoms with E-state index in [1.807, 2.05) is 20.8 Å². The van der Waals surface area contributed by atoms with Crippen molar-refractivity contribution in [3.8, 4) is 11.5 Å². The number of nitrogen functional groups attached to an aromatic ring is 1. The number of hydrogen-bond donors (Lipinski definition) is 2. The number of phenols is 1. The molecular formula is C10H15NO2. The largest absolute Gasteiger partial charge is 0.504 e. The predicted molar refractivity (Wildman–Crippen MR) is 53.2 cm³/mol. The van der Waals surface area contributed by atoms with E-state index in [1.54, 1.807) is 6.07 Å². The van der Waals surface area contributed by atoms with Crippen molar-refractivity contribution in [3.05, 3.63) is 17.2 Å². The Morgan fingerprint density at radius 1 is 1.46 bits per heavy atom. The summed E-state index contributed by atoms with van der Waals surface area (Å²) in [5.74, 6) is 0.650. The molecule has 0 fully saturated rings. The van der Waals surface area contributed by atoms with Gasteiger partial charge in [-0.3, -0.25) is 0 Å². The van der Waals surface area contributed by atoms with Crippen molar-refractivity contribution >= 4 is 5.69 Å². The van der Waals surface area contributed by atoms with E-state index in [-0.39, 0.29) is 5.75 Å². The van der Waals surface area contributed by atoms with Crippen molar-refractivity contribution in [1.82, 2.24) is 0 Å². The highest BCUT2D eigenvalue weighted by Gasteiger charge is 2.10. The molecule has 0 aliphatic rings. The SMILES string of the molecule is CCOc1c(O)cc(C)c(N)c1C. The summed E-state index contributed by atoms with van der Waals surface area (Å²) in [6.07, 6.45) is 0. The van der Waals surface area contributed by atoms with Crippen LogP contribution in [-0.2, 0) is 0 Å². The molecule has 0 heterocycles. The van der Waals surface area contributed by atoms with Gasteiger partial charge in [0.2, 0.25) is 0 Å². The Balaban J connectivity index is 3.26. The highest BCUT2D eigenvalue weighted by Crippen LogP contribution is 2.35. The fraction of sp³-hybridized carbons (Fsp3) is 0.400. The van der Waals surface area contributed by atoms with Gasteiger partial charge in [0.05, 0.1) is 6.61 Å². The van der Waals surface area contributed by atoms with Crippen LogP contribution in [-0.4, -0.2) is 11.7 Å². The number of rotatable bonds is 2. The van der Waals surface area contributed by atoms with Crippen LogP contribution in [0.25, 0.3) is 0 Å². The van der Waals surface area contributed by atoms with Crippen LogP contribution < -0.4 is 10.5 Å². The molecule has 0 bridgehead atoms. The smallest absolute Gasteiger partial charge is 0.165 e. The molecule has 72 valence electrons. The second-order valence-corrected chi connectivity index (χ2v) is 3.01. The van der Waals surface area contributed by atoms with Gasteiger partial charge in [-0.2, -0.15) is 0 Å². The molecule has 0 radical (unpaired) electrons. The molecule has 3 N–H and O–H groups in total. The highest BCUT2D eigenvalue weighted by molar-refractivity contribution is 5.63. The lowest BCUT2D eigenvalue weighted by atomic mass is 10.1. The molecular weight excluding hydrogens is 166 g/mol. The first-order chi connectivity index (χ1) is 6.07. The third kappa shape index (κ3) is 1.69. The van der Waals surface area contributed by atoms with E-state index in [0.29, 0.717) is 18.0 Å². The average molecular weight is 181 g/mol. The summed E-state index contributed by atoms with van der Waals surface area (Å²) in [6.45, 7) is 6.09. The maximum absolute atomic E-state index is 9.55. The van der Waals surface area contributed by atoms with Crippen LogP contribution in [0.15, 0.2) is 6.07 Å². The van der Waals surface area contributed by atoms with Crippen LogP contribution in [0, 0.1) is 13.8 Å². The summed E-state index contributed by atoms with van der Waals surface area (Å²) < 4.78 is 5.27. The molecule has 13 heavy (non-hydrogen) atoms. The second-order valence-electron chi connectivity index (χ2n) is 3.01. The first kappa shape index (κ1) is 9.71. The normalized spacial score (nSPS) is 10.1. The number of hydrogen-bond acceptors (Lipinski definition) is 3. The monoisotopic (exact) mass is 181 g/mol. The molecule has 0 unspecified atom stereocenters. The third-order valence-electron chi connectivity index (χ3n) is 2.04. The van der Waals surface area contributed by atoms with Crippen molar-refractivity contribution in [2.75, 3.05) is 12.3 Å². The molecule has 0 saturated heterocycles. The van der Waals surface area contributed by atoms with Gasteiger partial charge in [-0.1, -0.05) is 0 Å².